The molecule has 0 atom stereocenters. The lowest BCUT2D eigenvalue weighted by Crippen LogP contribution is -2.21. The van der Waals surface area contributed by atoms with Crippen LogP contribution >= 0.6 is 22.9 Å². The molecule has 2 N–H and O–H groups in total. The van der Waals surface area contributed by atoms with Crippen molar-refractivity contribution in [3.05, 3.63) is 103 Å². The van der Waals surface area contributed by atoms with Gasteiger partial charge in [-0.05, 0) is 41.5 Å². The number of hydrogen-bond donors (Lipinski definition) is 2. The van der Waals surface area contributed by atoms with E-state index in [9.17, 15) is 14.0 Å². The summed E-state index contributed by atoms with van der Waals surface area (Å²) in [5.41, 5.74) is 3.60. The Labute approximate surface area is 227 Å². The molecule has 0 saturated carbocycles. The first-order valence-corrected chi connectivity index (χ1v) is 13.0. The number of benzene rings is 3. The Morgan fingerprint density at radius 1 is 0.868 bits per heavy atom. The number of pyridine rings is 1. The number of amides is 2. The molecule has 0 aliphatic carbocycles. The summed E-state index contributed by atoms with van der Waals surface area (Å²) in [7, 11) is 0. The van der Waals surface area contributed by atoms with E-state index in [2.05, 4.69) is 15.6 Å². The molecule has 0 bridgehead atoms. The number of anilines is 2. The zero-order chi connectivity index (χ0) is 26.5. The molecule has 0 radical (unpaired) electrons. The number of hydrogen-bond acceptors (Lipinski definition) is 5. The van der Waals surface area contributed by atoms with Crippen LogP contribution in [0.2, 0.25) is 0 Å². The van der Waals surface area contributed by atoms with E-state index < -0.39 is 24.1 Å². The zero-order valence-electron chi connectivity index (χ0n) is 19.9. The molecule has 0 spiro atoms. The Bertz CT molecular complexity index is 1610. The largest absolute Gasteiger partial charge is 0.453 e. The van der Waals surface area contributed by atoms with Gasteiger partial charge in [-0.3, -0.25) is 14.6 Å². The van der Waals surface area contributed by atoms with Gasteiger partial charge in [0.15, 0.2) is 11.6 Å². The Kier molecular flexibility index (Phi) is 7.62. The summed E-state index contributed by atoms with van der Waals surface area (Å²) in [5, 5.41) is 5.17. The quantitative estimate of drug-likeness (QED) is 0.155. The van der Waals surface area contributed by atoms with E-state index in [-0.39, 0.29) is 11.4 Å². The van der Waals surface area contributed by atoms with Gasteiger partial charge in [0.1, 0.15) is 12.2 Å². The number of alkyl halides is 1. The molecule has 5 aromatic rings. The third-order valence-corrected chi connectivity index (χ3v) is 7.08. The second-order valence-electron chi connectivity index (χ2n) is 8.35. The van der Waals surface area contributed by atoms with Gasteiger partial charge in [-0.1, -0.05) is 42.5 Å². The van der Waals surface area contributed by atoms with Gasteiger partial charge < -0.3 is 15.4 Å². The second-order valence-corrected chi connectivity index (χ2v) is 9.67. The summed E-state index contributed by atoms with van der Waals surface area (Å²) >= 11 is 7.39. The third-order valence-electron chi connectivity index (χ3n) is 5.58. The van der Waals surface area contributed by atoms with Crippen LogP contribution in [0.5, 0.6) is 11.5 Å². The summed E-state index contributed by atoms with van der Waals surface area (Å²) < 4.78 is 21.6. The highest BCUT2D eigenvalue weighted by Gasteiger charge is 2.15. The Balaban J connectivity index is 1.27. The molecule has 190 valence electrons. The molecule has 3 aromatic carbocycles. The Hall–Kier alpha value is -4.27. The van der Waals surface area contributed by atoms with Crippen molar-refractivity contribution >= 4 is 56.3 Å². The minimum Gasteiger partial charge on any atom is -0.453 e. The van der Waals surface area contributed by atoms with Gasteiger partial charge >= 0.3 is 0 Å². The summed E-state index contributed by atoms with van der Waals surface area (Å²) in [4.78, 5) is 29.8. The molecule has 0 aliphatic heterocycles. The molecule has 0 fully saturated rings. The fourth-order valence-corrected chi connectivity index (χ4v) is 5.00. The molecule has 9 heteroatoms. The number of ether oxygens (including phenoxy) is 1. The average molecular weight is 546 g/mol. The highest BCUT2D eigenvalue weighted by Crippen LogP contribution is 2.39. The van der Waals surface area contributed by atoms with E-state index in [1.165, 1.54) is 23.5 Å². The number of nitrogens with zero attached hydrogens (tertiary/aromatic N) is 1. The van der Waals surface area contributed by atoms with E-state index in [4.69, 9.17) is 16.3 Å². The van der Waals surface area contributed by atoms with Crippen LogP contribution in [0.25, 0.3) is 20.7 Å². The monoisotopic (exact) mass is 545 g/mol. The second kappa shape index (κ2) is 11.4. The maximum Gasteiger partial charge on any atom is 0.233 e. The predicted molar refractivity (Wildman–Crippen MR) is 149 cm³/mol. The fourth-order valence-electron chi connectivity index (χ4n) is 3.75. The lowest BCUT2D eigenvalue weighted by molar-refractivity contribution is -0.123. The molecule has 2 aromatic heterocycles. The van der Waals surface area contributed by atoms with Crippen molar-refractivity contribution < 1.29 is 18.7 Å². The maximum absolute atomic E-state index is 14.9. The van der Waals surface area contributed by atoms with Gasteiger partial charge in [0.25, 0.3) is 0 Å². The first kappa shape index (κ1) is 25.4. The smallest absolute Gasteiger partial charge is 0.233 e. The van der Waals surface area contributed by atoms with Crippen LogP contribution in [0, 0.1) is 5.82 Å². The Morgan fingerprint density at radius 2 is 1.61 bits per heavy atom. The van der Waals surface area contributed by atoms with Crippen molar-refractivity contribution in [2.75, 3.05) is 10.6 Å². The van der Waals surface area contributed by atoms with Gasteiger partial charge in [0.2, 0.25) is 11.8 Å². The van der Waals surface area contributed by atoms with Crippen LogP contribution in [0.1, 0.15) is 12.0 Å². The Morgan fingerprint density at radius 3 is 2.32 bits per heavy atom. The standard InChI is InChI=1S/C29H21ClFN3O3S/c30-17-18-6-8-19(9-7-18)26-15-23-29(38-26)25(12-13-32-23)37-24-11-10-21(14-22(24)31)34-28(36)16-27(35)33-20-4-2-1-3-5-20/h1-15H,16-17H2,(H,33,35)(H,34,36). The number of aromatic nitrogens is 1. The molecule has 5 rings (SSSR count). The number of fused-ring (bicyclic) bond motifs is 1. The van der Waals surface area contributed by atoms with Crippen molar-refractivity contribution in [1.29, 1.82) is 0 Å². The van der Waals surface area contributed by atoms with Crippen molar-refractivity contribution in [3.63, 3.8) is 0 Å². The van der Waals surface area contributed by atoms with Gasteiger partial charge in [0.05, 0.1) is 10.2 Å². The number of nitrogens with one attached hydrogen (secondary N) is 2. The minimum absolute atomic E-state index is 0.00117. The topological polar surface area (TPSA) is 80.3 Å². The molecule has 2 amide bonds. The number of para-hydroxylation sites is 1. The van der Waals surface area contributed by atoms with Crippen LogP contribution < -0.4 is 15.4 Å². The van der Waals surface area contributed by atoms with E-state index in [1.54, 1.807) is 36.5 Å². The van der Waals surface area contributed by atoms with Crippen LogP contribution in [0.3, 0.4) is 0 Å². The number of carbonyl (C=O) groups excluding carboxylic acids is 2. The van der Waals surface area contributed by atoms with Gasteiger partial charge in [-0.2, -0.15) is 0 Å². The van der Waals surface area contributed by atoms with Crippen molar-refractivity contribution in [2.45, 2.75) is 12.3 Å². The van der Waals surface area contributed by atoms with E-state index in [1.807, 2.05) is 36.4 Å². The molecule has 38 heavy (non-hydrogen) atoms. The molecular weight excluding hydrogens is 525 g/mol. The third kappa shape index (κ3) is 5.99. The van der Waals surface area contributed by atoms with Crippen LogP contribution in [0.4, 0.5) is 15.8 Å². The normalized spacial score (nSPS) is 10.8. The summed E-state index contributed by atoms with van der Waals surface area (Å²) in [6, 6.07) is 24.5. The number of thiophene rings is 1. The summed E-state index contributed by atoms with van der Waals surface area (Å²) in [6.45, 7) is 0. The van der Waals surface area contributed by atoms with Crippen molar-refractivity contribution in [1.82, 2.24) is 4.98 Å². The lowest BCUT2D eigenvalue weighted by Gasteiger charge is -2.10. The molecule has 0 saturated heterocycles. The van der Waals surface area contributed by atoms with E-state index in [0.29, 0.717) is 17.3 Å². The number of halogens is 2. The first-order chi connectivity index (χ1) is 18.5. The predicted octanol–water partition coefficient (Wildman–Crippen LogP) is 7.60. The molecule has 6 nitrogen and oxygen atoms in total. The molecular formula is C29H21ClFN3O3S. The zero-order valence-corrected chi connectivity index (χ0v) is 21.5. The van der Waals surface area contributed by atoms with Crippen molar-refractivity contribution in [3.8, 4) is 21.9 Å². The molecule has 2 heterocycles. The van der Waals surface area contributed by atoms with Crippen molar-refractivity contribution in [2.24, 2.45) is 0 Å². The van der Waals surface area contributed by atoms with Gasteiger partial charge in [-0.15, -0.1) is 22.9 Å². The molecule has 0 unspecified atom stereocenters. The minimum atomic E-state index is -0.657. The number of carbonyl (C=O) groups is 2. The first-order valence-electron chi connectivity index (χ1n) is 11.6. The SMILES string of the molecule is O=C(CC(=O)Nc1ccc(Oc2ccnc3cc(-c4ccc(CCl)cc4)sc23)c(F)c1)Nc1ccccc1. The van der Waals surface area contributed by atoms with E-state index in [0.717, 1.165) is 32.3 Å². The highest BCUT2D eigenvalue weighted by molar-refractivity contribution is 7.22. The van der Waals surface area contributed by atoms with Gasteiger partial charge in [-0.25, -0.2) is 4.39 Å². The van der Waals surface area contributed by atoms with E-state index >= 15 is 0 Å². The highest BCUT2D eigenvalue weighted by atomic mass is 35.5. The van der Waals surface area contributed by atoms with Crippen LogP contribution in [-0.4, -0.2) is 16.8 Å². The van der Waals surface area contributed by atoms with Crippen LogP contribution in [0.15, 0.2) is 91.1 Å². The lowest BCUT2D eigenvalue weighted by atomic mass is 10.1. The summed E-state index contributed by atoms with van der Waals surface area (Å²) in [6.07, 6.45) is 1.21. The average Bonchev–Trinajstić information content (AvgIpc) is 3.36. The fraction of sp³-hybridized carbons (Fsp3) is 0.0690. The summed E-state index contributed by atoms with van der Waals surface area (Å²) in [5.74, 6) is -0.775. The van der Waals surface area contributed by atoms with Crippen LogP contribution in [-0.2, 0) is 15.5 Å². The molecule has 0 aliphatic rings. The number of rotatable bonds is 8. The van der Waals surface area contributed by atoms with Gasteiger partial charge in [0, 0.05) is 40.5 Å². The maximum atomic E-state index is 14.9.